The topological polar surface area (TPSA) is 85.6 Å². The molecule has 0 aliphatic carbocycles. The lowest BCUT2D eigenvalue weighted by Crippen LogP contribution is -2.38. The van der Waals surface area contributed by atoms with Crippen molar-refractivity contribution in [2.45, 2.75) is 12.5 Å². The average Bonchev–Trinajstić information content (AvgIpc) is 3.23. The molecule has 1 saturated heterocycles. The van der Waals surface area contributed by atoms with Gasteiger partial charge in [0.15, 0.2) is 16.4 Å². The highest BCUT2D eigenvalue weighted by molar-refractivity contribution is 7.91. The summed E-state index contributed by atoms with van der Waals surface area (Å²) in [4.78, 5) is 12.1. The fourth-order valence-electron chi connectivity index (χ4n) is 3.28. The fourth-order valence-corrected chi connectivity index (χ4v) is 5.08. The van der Waals surface area contributed by atoms with Crippen LogP contribution in [0.5, 0.6) is 5.75 Å². The van der Waals surface area contributed by atoms with E-state index in [-0.39, 0.29) is 30.1 Å². The van der Waals surface area contributed by atoms with E-state index in [1.54, 1.807) is 18.4 Å². The smallest absolute Gasteiger partial charge is 0.258 e. The molecule has 8 heteroatoms. The Morgan fingerprint density at radius 3 is 2.71 bits per heavy atom. The maximum atomic E-state index is 12.1. The van der Waals surface area contributed by atoms with Crippen LogP contribution in [0.4, 0.5) is 0 Å². The van der Waals surface area contributed by atoms with Crippen molar-refractivity contribution >= 4 is 38.3 Å². The number of amides is 1. The van der Waals surface area contributed by atoms with Gasteiger partial charge in [0.05, 0.1) is 17.8 Å². The first-order valence-electron chi connectivity index (χ1n) is 8.79. The summed E-state index contributed by atoms with van der Waals surface area (Å²) in [7, 11) is -3.03. The molecule has 3 aromatic rings. The summed E-state index contributed by atoms with van der Waals surface area (Å²) in [5.74, 6) is 0.291. The van der Waals surface area contributed by atoms with Gasteiger partial charge in [-0.3, -0.25) is 4.79 Å². The molecule has 1 amide bonds. The molecule has 1 aliphatic heterocycles. The van der Waals surface area contributed by atoms with E-state index in [2.05, 4.69) is 5.32 Å². The molecule has 1 fully saturated rings. The second kappa shape index (κ2) is 7.48. The second-order valence-corrected chi connectivity index (χ2v) is 9.44. The van der Waals surface area contributed by atoms with E-state index in [0.29, 0.717) is 22.8 Å². The highest BCUT2D eigenvalue weighted by Gasteiger charge is 2.28. The highest BCUT2D eigenvalue weighted by atomic mass is 35.5. The van der Waals surface area contributed by atoms with Gasteiger partial charge in [0.2, 0.25) is 0 Å². The van der Waals surface area contributed by atoms with Crippen molar-refractivity contribution in [1.82, 2.24) is 5.32 Å². The van der Waals surface area contributed by atoms with Gasteiger partial charge in [-0.15, -0.1) is 0 Å². The second-order valence-electron chi connectivity index (χ2n) is 6.77. The maximum Gasteiger partial charge on any atom is 0.258 e. The molecule has 0 bridgehead atoms. The molecule has 1 aromatic heterocycles. The summed E-state index contributed by atoms with van der Waals surface area (Å²) in [6.07, 6.45) is 2.12. The van der Waals surface area contributed by atoms with Gasteiger partial charge >= 0.3 is 0 Å². The van der Waals surface area contributed by atoms with Crippen LogP contribution in [0.2, 0.25) is 5.02 Å². The Bertz CT molecular complexity index is 1120. The number of hydrogen-bond donors (Lipinski definition) is 1. The first-order chi connectivity index (χ1) is 13.4. The van der Waals surface area contributed by atoms with Crippen LogP contribution in [0, 0.1) is 0 Å². The van der Waals surface area contributed by atoms with Gasteiger partial charge in [-0.1, -0.05) is 23.7 Å². The zero-order chi connectivity index (χ0) is 19.7. The predicted octanol–water partition coefficient (Wildman–Crippen LogP) is 3.44. The van der Waals surface area contributed by atoms with E-state index >= 15 is 0 Å². The van der Waals surface area contributed by atoms with Crippen LogP contribution in [0.3, 0.4) is 0 Å². The molecule has 1 N–H and O–H groups in total. The van der Waals surface area contributed by atoms with Gasteiger partial charge < -0.3 is 14.5 Å². The Kier molecular flexibility index (Phi) is 5.03. The summed E-state index contributed by atoms with van der Waals surface area (Å²) in [6, 6.07) is 12.4. The lowest BCUT2D eigenvalue weighted by atomic mass is 10.0. The van der Waals surface area contributed by atoms with E-state index < -0.39 is 9.84 Å². The summed E-state index contributed by atoms with van der Waals surface area (Å²) >= 11 is 5.95. The van der Waals surface area contributed by atoms with E-state index in [0.717, 1.165) is 16.5 Å². The Balaban J connectivity index is 1.45. The summed E-state index contributed by atoms with van der Waals surface area (Å²) in [5.41, 5.74) is 2.57. The maximum absolute atomic E-state index is 12.1. The van der Waals surface area contributed by atoms with E-state index in [1.807, 2.05) is 30.3 Å². The third kappa shape index (κ3) is 4.15. The number of halogens is 1. The lowest BCUT2D eigenvalue weighted by molar-refractivity contribution is -0.123. The number of hydrogen-bond acceptors (Lipinski definition) is 5. The number of fused-ring (bicyclic) bond motifs is 1. The Hall–Kier alpha value is -2.51. The number of furan rings is 1. The van der Waals surface area contributed by atoms with E-state index in [1.165, 1.54) is 0 Å². The summed E-state index contributed by atoms with van der Waals surface area (Å²) < 4.78 is 34.1. The molecule has 6 nitrogen and oxygen atoms in total. The number of sulfone groups is 1. The van der Waals surface area contributed by atoms with Crippen molar-refractivity contribution in [3.8, 4) is 16.9 Å². The normalized spacial score (nSPS) is 18.2. The zero-order valence-electron chi connectivity index (χ0n) is 14.9. The first-order valence-corrected chi connectivity index (χ1v) is 11.0. The predicted molar refractivity (Wildman–Crippen MR) is 107 cm³/mol. The van der Waals surface area contributed by atoms with E-state index in [4.69, 9.17) is 20.8 Å². The molecule has 1 atom stereocenters. The Morgan fingerprint density at radius 1 is 1.21 bits per heavy atom. The molecular formula is C20H18ClNO5S. The first kappa shape index (κ1) is 18.8. The lowest BCUT2D eigenvalue weighted by Gasteiger charge is -2.11. The van der Waals surface area contributed by atoms with Crippen LogP contribution in [0.1, 0.15) is 6.42 Å². The van der Waals surface area contributed by atoms with Crippen LogP contribution >= 0.6 is 11.6 Å². The standard InChI is InChI=1S/C20H18ClNO5S/c21-14-3-1-13(2-4-14)18-10-27-19-6-5-16(9-17(18)19)26-11-20(23)22-15-7-8-28(24,25)12-15/h1-6,9-10,15H,7-8,11-12H2,(H,22,23). The number of carbonyl (C=O) groups is 1. The molecule has 4 rings (SSSR count). The largest absolute Gasteiger partial charge is 0.484 e. The highest BCUT2D eigenvalue weighted by Crippen LogP contribution is 2.33. The molecule has 2 heterocycles. The van der Waals surface area contributed by atoms with Crippen LogP contribution < -0.4 is 10.1 Å². The van der Waals surface area contributed by atoms with Crippen molar-refractivity contribution in [3.05, 3.63) is 53.8 Å². The van der Waals surface area contributed by atoms with Gasteiger partial charge in [-0.05, 0) is 42.3 Å². The number of rotatable bonds is 5. The molecule has 0 spiro atoms. The minimum Gasteiger partial charge on any atom is -0.484 e. The van der Waals surface area contributed by atoms with E-state index in [9.17, 15) is 13.2 Å². The Morgan fingerprint density at radius 2 is 2.00 bits per heavy atom. The number of benzene rings is 2. The van der Waals surface area contributed by atoms with Gasteiger partial charge in [-0.2, -0.15) is 0 Å². The summed E-state index contributed by atoms with van der Waals surface area (Å²) in [5, 5.41) is 4.22. The van der Waals surface area contributed by atoms with Crippen molar-refractivity contribution < 1.29 is 22.4 Å². The number of nitrogens with one attached hydrogen (secondary N) is 1. The third-order valence-electron chi connectivity index (χ3n) is 4.67. The molecule has 146 valence electrons. The van der Waals surface area contributed by atoms with Gasteiger partial charge in [0.1, 0.15) is 11.3 Å². The third-order valence-corrected chi connectivity index (χ3v) is 6.69. The van der Waals surface area contributed by atoms with Crippen LogP contribution in [-0.2, 0) is 14.6 Å². The molecule has 28 heavy (non-hydrogen) atoms. The monoisotopic (exact) mass is 419 g/mol. The van der Waals surface area contributed by atoms with Gasteiger partial charge in [0, 0.05) is 22.0 Å². The quantitative estimate of drug-likeness (QED) is 0.684. The van der Waals surface area contributed by atoms with Crippen molar-refractivity contribution in [2.24, 2.45) is 0 Å². The van der Waals surface area contributed by atoms with Crippen molar-refractivity contribution in [3.63, 3.8) is 0 Å². The molecule has 1 aliphatic rings. The number of carbonyl (C=O) groups excluding carboxylic acids is 1. The minimum absolute atomic E-state index is 0.00975. The Labute approximate surface area is 167 Å². The van der Waals surface area contributed by atoms with Crippen LogP contribution in [0.15, 0.2) is 53.1 Å². The molecule has 0 radical (unpaired) electrons. The number of ether oxygens (including phenoxy) is 1. The van der Waals surface area contributed by atoms with Crippen molar-refractivity contribution in [1.29, 1.82) is 0 Å². The molecule has 0 saturated carbocycles. The fraction of sp³-hybridized carbons (Fsp3) is 0.250. The average molecular weight is 420 g/mol. The van der Waals surface area contributed by atoms with Gasteiger partial charge in [-0.25, -0.2) is 8.42 Å². The van der Waals surface area contributed by atoms with Crippen LogP contribution in [-0.4, -0.2) is 38.5 Å². The molecule has 2 aromatic carbocycles. The SMILES string of the molecule is O=C(COc1ccc2occ(-c3ccc(Cl)cc3)c2c1)NC1CCS(=O)(=O)C1. The van der Waals surface area contributed by atoms with Crippen LogP contribution in [0.25, 0.3) is 22.1 Å². The minimum atomic E-state index is -3.03. The van der Waals surface area contributed by atoms with Crippen molar-refractivity contribution in [2.75, 3.05) is 18.1 Å². The molecule has 1 unspecified atom stereocenters. The molecular weight excluding hydrogens is 402 g/mol. The summed E-state index contributed by atoms with van der Waals surface area (Å²) in [6.45, 7) is -0.184. The zero-order valence-corrected chi connectivity index (χ0v) is 16.4. The van der Waals surface area contributed by atoms with Gasteiger partial charge in [0.25, 0.3) is 5.91 Å².